The number of carbonyl (C=O) groups is 1. The second-order valence-electron chi connectivity index (χ2n) is 5.60. The van der Waals surface area contributed by atoms with Crippen LogP contribution in [-0.2, 0) is 11.3 Å². The molecule has 0 bridgehead atoms. The average Bonchev–Trinajstić information content (AvgIpc) is 2.46. The molecule has 2 amide bonds. The van der Waals surface area contributed by atoms with E-state index in [0.29, 0.717) is 18.6 Å². The highest BCUT2D eigenvalue weighted by molar-refractivity contribution is 5.73. The highest BCUT2D eigenvalue weighted by atomic mass is 16.5. The molecule has 0 aliphatic carbocycles. The van der Waals surface area contributed by atoms with Gasteiger partial charge in [0.2, 0.25) is 0 Å². The fourth-order valence-electron chi connectivity index (χ4n) is 2.57. The molecule has 1 heterocycles. The highest BCUT2D eigenvalue weighted by Gasteiger charge is 2.20. The maximum Gasteiger partial charge on any atom is 0.317 e. The molecule has 2 atom stereocenters. The number of rotatable bonds is 4. The number of hydrogen-bond donors (Lipinski definition) is 1. The molecule has 1 fully saturated rings. The third-order valence-corrected chi connectivity index (χ3v) is 3.74. The first-order valence-corrected chi connectivity index (χ1v) is 7.29. The van der Waals surface area contributed by atoms with Crippen LogP contribution in [0, 0.1) is 5.92 Å². The van der Waals surface area contributed by atoms with E-state index < -0.39 is 0 Å². The largest absolute Gasteiger partial charge is 0.378 e. The maximum atomic E-state index is 12.1. The quantitative estimate of drug-likeness (QED) is 0.918. The van der Waals surface area contributed by atoms with Crippen LogP contribution in [0.25, 0.3) is 0 Å². The van der Waals surface area contributed by atoms with Gasteiger partial charge in [-0.1, -0.05) is 30.3 Å². The Morgan fingerprint density at radius 3 is 2.85 bits per heavy atom. The van der Waals surface area contributed by atoms with E-state index >= 15 is 0 Å². The van der Waals surface area contributed by atoms with Crippen LogP contribution in [0.2, 0.25) is 0 Å². The molecule has 4 nitrogen and oxygen atoms in total. The van der Waals surface area contributed by atoms with E-state index in [9.17, 15) is 4.79 Å². The number of benzene rings is 1. The summed E-state index contributed by atoms with van der Waals surface area (Å²) in [5.74, 6) is 0.535. The number of hydrogen-bond acceptors (Lipinski definition) is 2. The van der Waals surface area contributed by atoms with Gasteiger partial charge in [0.05, 0.1) is 6.10 Å². The highest BCUT2D eigenvalue weighted by Crippen LogP contribution is 2.18. The Bertz CT molecular complexity index is 422. The van der Waals surface area contributed by atoms with Crippen molar-refractivity contribution in [1.82, 2.24) is 10.2 Å². The second kappa shape index (κ2) is 7.29. The van der Waals surface area contributed by atoms with Crippen LogP contribution in [0.5, 0.6) is 0 Å². The van der Waals surface area contributed by atoms with E-state index in [0.717, 1.165) is 31.6 Å². The minimum atomic E-state index is -0.00648. The summed E-state index contributed by atoms with van der Waals surface area (Å²) in [5.41, 5.74) is 1.14. The van der Waals surface area contributed by atoms with Crippen molar-refractivity contribution in [2.75, 3.05) is 20.2 Å². The first-order valence-electron chi connectivity index (χ1n) is 7.29. The van der Waals surface area contributed by atoms with E-state index in [1.807, 2.05) is 37.4 Å². The molecule has 0 unspecified atom stereocenters. The lowest BCUT2D eigenvalue weighted by atomic mass is 9.96. The van der Waals surface area contributed by atoms with Gasteiger partial charge in [-0.15, -0.1) is 0 Å². The predicted molar refractivity (Wildman–Crippen MR) is 79.4 cm³/mol. The number of urea groups is 1. The third kappa shape index (κ3) is 4.53. The van der Waals surface area contributed by atoms with Crippen LogP contribution in [0.4, 0.5) is 4.79 Å². The van der Waals surface area contributed by atoms with E-state index in [2.05, 4.69) is 12.2 Å². The maximum absolute atomic E-state index is 12.1. The minimum absolute atomic E-state index is 0.00648. The molecule has 1 aliphatic rings. The number of ether oxygens (including phenoxy) is 1. The molecule has 0 spiro atoms. The lowest BCUT2D eigenvalue weighted by Crippen LogP contribution is -2.40. The Morgan fingerprint density at radius 1 is 1.40 bits per heavy atom. The van der Waals surface area contributed by atoms with Gasteiger partial charge < -0.3 is 15.0 Å². The summed E-state index contributed by atoms with van der Waals surface area (Å²) >= 11 is 0. The Morgan fingerprint density at radius 2 is 2.15 bits per heavy atom. The summed E-state index contributed by atoms with van der Waals surface area (Å²) < 4.78 is 5.52. The summed E-state index contributed by atoms with van der Waals surface area (Å²) in [6.45, 7) is 4.28. The zero-order valence-electron chi connectivity index (χ0n) is 12.3. The van der Waals surface area contributed by atoms with Crippen LogP contribution >= 0.6 is 0 Å². The van der Waals surface area contributed by atoms with Crippen molar-refractivity contribution in [3.05, 3.63) is 35.9 Å². The molecule has 1 aliphatic heterocycles. The summed E-state index contributed by atoms with van der Waals surface area (Å²) in [5, 5.41) is 3.02. The van der Waals surface area contributed by atoms with Crippen molar-refractivity contribution in [2.24, 2.45) is 5.92 Å². The Kier molecular flexibility index (Phi) is 5.41. The van der Waals surface area contributed by atoms with Gasteiger partial charge >= 0.3 is 6.03 Å². The first kappa shape index (κ1) is 14.9. The SMILES string of the molecule is C[C@H]1C[C@H](CNC(=O)N(C)Cc2ccccc2)CCO1. The first-order chi connectivity index (χ1) is 9.65. The lowest BCUT2D eigenvalue weighted by Gasteiger charge is -2.28. The van der Waals surface area contributed by atoms with E-state index in [1.165, 1.54) is 0 Å². The van der Waals surface area contributed by atoms with Crippen molar-refractivity contribution in [2.45, 2.75) is 32.4 Å². The van der Waals surface area contributed by atoms with Gasteiger partial charge in [0.1, 0.15) is 0 Å². The third-order valence-electron chi connectivity index (χ3n) is 3.74. The van der Waals surface area contributed by atoms with Crippen LogP contribution < -0.4 is 5.32 Å². The van der Waals surface area contributed by atoms with Crippen molar-refractivity contribution >= 4 is 6.03 Å². The number of amides is 2. The molecule has 2 rings (SSSR count). The van der Waals surface area contributed by atoms with Gasteiger partial charge in [-0.05, 0) is 31.2 Å². The van der Waals surface area contributed by atoms with Gasteiger partial charge in [0.25, 0.3) is 0 Å². The summed E-state index contributed by atoms with van der Waals surface area (Å²) in [6, 6.07) is 10.0. The molecule has 0 saturated carbocycles. The molecular weight excluding hydrogens is 252 g/mol. The van der Waals surface area contributed by atoms with Crippen molar-refractivity contribution in [3.8, 4) is 0 Å². The van der Waals surface area contributed by atoms with E-state index in [-0.39, 0.29) is 6.03 Å². The van der Waals surface area contributed by atoms with Crippen LogP contribution in [0.15, 0.2) is 30.3 Å². The smallest absolute Gasteiger partial charge is 0.317 e. The van der Waals surface area contributed by atoms with Crippen molar-refractivity contribution in [1.29, 1.82) is 0 Å². The standard InChI is InChI=1S/C16H24N2O2/c1-13-10-15(8-9-20-13)11-17-16(19)18(2)12-14-6-4-3-5-7-14/h3-7,13,15H,8-12H2,1-2H3,(H,17,19)/t13-,15+/m0/s1. The molecule has 20 heavy (non-hydrogen) atoms. The fourth-order valence-corrected chi connectivity index (χ4v) is 2.57. The molecule has 1 aromatic rings. The monoisotopic (exact) mass is 276 g/mol. The van der Waals surface area contributed by atoms with Gasteiger partial charge in [0.15, 0.2) is 0 Å². The molecule has 0 radical (unpaired) electrons. The van der Waals surface area contributed by atoms with Gasteiger partial charge in [-0.2, -0.15) is 0 Å². The second-order valence-corrected chi connectivity index (χ2v) is 5.60. The number of nitrogens with one attached hydrogen (secondary N) is 1. The fraction of sp³-hybridized carbons (Fsp3) is 0.562. The van der Waals surface area contributed by atoms with Crippen LogP contribution in [0.1, 0.15) is 25.3 Å². The van der Waals surface area contributed by atoms with Crippen LogP contribution in [-0.4, -0.2) is 37.2 Å². The normalized spacial score (nSPS) is 22.3. The zero-order chi connectivity index (χ0) is 14.4. The predicted octanol–water partition coefficient (Wildman–Crippen LogP) is 2.64. The van der Waals surface area contributed by atoms with Gasteiger partial charge in [-0.3, -0.25) is 0 Å². The average molecular weight is 276 g/mol. The van der Waals surface area contributed by atoms with Crippen molar-refractivity contribution < 1.29 is 9.53 Å². The van der Waals surface area contributed by atoms with Gasteiger partial charge in [-0.25, -0.2) is 4.79 Å². The molecule has 1 aromatic carbocycles. The molecule has 1 N–H and O–H groups in total. The van der Waals surface area contributed by atoms with Crippen molar-refractivity contribution in [3.63, 3.8) is 0 Å². The Hall–Kier alpha value is -1.55. The molecule has 0 aromatic heterocycles. The summed E-state index contributed by atoms with van der Waals surface area (Å²) in [4.78, 5) is 13.8. The number of carbonyl (C=O) groups excluding carboxylic acids is 1. The number of nitrogens with zero attached hydrogens (tertiary/aromatic N) is 1. The van der Waals surface area contributed by atoms with E-state index in [1.54, 1.807) is 4.90 Å². The van der Waals surface area contributed by atoms with Crippen LogP contribution in [0.3, 0.4) is 0 Å². The minimum Gasteiger partial charge on any atom is -0.378 e. The zero-order valence-corrected chi connectivity index (χ0v) is 12.3. The van der Waals surface area contributed by atoms with E-state index in [4.69, 9.17) is 4.74 Å². The summed E-state index contributed by atoms with van der Waals surface area (Å²) in [6.07, 6.45) is 2.38. The molecular formula is C16H24N2O2. The topological polar surface area (TPSA) is 41.6 Å². The summed E-state index contributed by atoms with van der Waals surface area (Å²) in [7, 11) is 1.83. The molecule has 110 valence electrons. The Balaban J connectivity index is 1.74. The van der Waals surface area contributed by atoms with Gasteiger partial charge in [0, 0.05) is 26.7 Å². The Labute approximate surface area is 121 Å². The molecule has 4 heteroatoms. The lowest BCUT2D eigenvalue weighted by molar-refractivity contribution is 0.00327. The molecule has 1 saturated heterocycles.